The van der Waals surface area contributed by atoms with Crippen molar-refractivity contribution in [3.8, 4) is 17.4 Å². The average molecular weight is 464 g/mol. The molecule has 0 spiro atoms. The number of fused-ring (bicyclic) bond motifs is 1. The molecule has 0 saturated heterocycles. The van der Waals surface area contributed by atoms with Gasteiger partial charge in [0, 0.05) is 22.9 Å². The number of benzene rings is 1. The van der Waals surface area contributed by atoms with Crippen LogP contribution in [0.25, 0.3) is 17.0 Å². The molecule has 0 saturated carbocycles. The van der Waals surface area contributed by atoms with E-state index >= 15 is 0 Å². The minimum atomic E-state index is -0.968. The van der Waals surface area contributed by atoms with Crippen molar-refractivity contribution in [2.45, 2.75) is 32.1 Å². The van der Waals surface area contributed by atoms with Gasteiger partial charge < -0.3 is 20.3 Å². The topological polar surface area (TPSA) is 114 Å². The van der Waals surface area contributed by atoms with Gasteiger partial charge in [-0.1, -0.05) is 26.6 Å². The summed E-state index contributed by atoms with van der Waals surface area (Å²) in [6.07, 6.45) is 2.44. The number of nitrogens with zero attached hydrogens (tertiary/aromatic N) is 2. The lowest BCUT2D eigenvalue weighted by Gasteiger charge is -2.15. The van der Waals surface area contributed by atoms with E-state index in [9.17, 15) is 4.79 Å². The number of hydrogen-bond acceptors (Lipinski definition) is 7. The van der Waals surface area contributed by atoms with Gasteiger partial charge in [-0.05, 0) is 32.4 Å². The van der Waals surface area contributed by atoms with Crippen LogP contribution < -0.4 is 19.8 Å². The Kier molecular flexibility index (Phi) is 7.69. The predicted octanol–water partition coefficient (Wildman–Crippen LogP) is 3.16. The normalized spacial score (nSPS) is 12.2. The monoisotopic (exact) mass is 463 g/mol. The van der Waals surface area contributed by atoms with Crippen molar-refractivity contribution in [1.82, 2.24) is 9.97 Å². The fourth-order valence-corrected chi connectivity index (χ4v) is 5.54. The fraction of sp³-hybridized carbons (Fsp3) is 0.381. The highest BCUT2D eigenvalue weighted by atomic mass is 33.1. The van der Waals surface area contributed by atoms with E-state index in [1.165, 1.54) is 0 Å². The Labute approximate surface area is 188 Å². The smallest absolute Gasteiger partial charge is 0.402 e. The van der Waals surface area contributed by atoms with E-state index < -0.39 is 12.0 Å². The van der Waals surface area contributed by atoms with E-state index in [1.54, 1.807) is 35.8 Å². The third-order valence-corrected chi connectivity index (χ3v) is 7.28. The van der Waals surface area contributed by atoms with Crippen molar-refractivity contribution >= 4 is 38.6 Å². The SMILES string of the molecule is COc1ccc2nc(-[n+]3cc(C)c(OC)c(C)c3CSSCCC(N)C(=O)O)[nH]c2c1. The molecule has 2 heterocycles. The molecule has 2 aromatic heterocycles. The van der Waals surface area contributed by atoms with Crippen LogP contribution in [0.3, 0.4) is 0 Å². The molecule has 3 aromatic rings. The Morgan fingerprint density at radius 2 is 2.06 bits per heavy atom. The Bertz CT molecular complexity index is 1090. The number of nitrogens with one attached hydrogen (secondary N) is 1. The van der Waals surface area contributed by atoms with Crippen molar-refractivity contribution in [1.29, 1.82) is 0 Å². The lowest BCUT2D eigenvalue weighted by atomic mass is 10.1. The summed E-state index contributed by atoms with van der Waals surface area (Å²) in [7, 11) is 6.57. The molecule has 3 rings (SSSR count). The highest BCUT2D eigenvalue weighted by molar-refractivity contribution is 8.76. The van der Waals surface area contributed by atoms with Crippen molar-refractivity contribution in [3.05, 3.63) is 41.2 Å². The summed E-state index contributed by atoms with van der Waals surface area (Å²) >= 11 is 0. The van der Waals surface area contributed by atoms with Gasteiger partial charge in [-0.25, -0.2) is 9.55 Å². The number of H-pyrrole nitrogens is 1. The molecule has 10 heteroatoms. The van der Waals surface area contributed by atoms with Crippen LogP contribution in [0.15, 0.2) is 24.4 Å². The second kappa shape index (κ2) is 10.3. The molecule has 4 N–H and O–H groups in total. The van der Waals surface area contributed by atoms with E-state index in [0.717, 1.165) is 39.4 Å². The summed E-state index contributed by atoms with van der Waals surface area (Å²) in [5, 5.41) is 8.92. The van der Waals surface area contributed by atoms with E-state index in [0.29, 0.717) is 23.9 Å². The Hall–Kier alpha value is -2.43. The van der Waals surface area contributed by atoms with E-state index in [2.05, 4.69) is 9.55 Å². The maximum atomic E-state index is 10.9. The van der Waals surface area contributed by atoms with Gasteiger partial charge in [0.05, 0.1) is 26.2 Å². The average Bonchev–Trinajstić information content (AvgIpc) is 3.17. The standard InChI is InChI=1S/C21H26N4O4S2/c1-12-10-25(21-23-16-6-5-14(28-3)9-17(16)24-21)18(13(2)19(12)29-4)11-31-30-8-7-15(22)20(26)27/h5-6,9-10,15H,7-8,11,22H2,1-4H3,(H-,23,24,26,27)/p+1. The first-order valence-corrected chi connectivity index (χ1v) is 12.2. The number of hydrogen-bond donors (Lipinski definition) is 3. The molecule has 1 aromatic carbocycles. The number of nitrogens with two attached hydrogens (primary N) is 1. The fourth-order valence-electron chi connectivity index (χ4n) is 3.29. The number of aromatic amines is 1. The first-order chi connectivity index (χ1) is 14.8. The predicted molar refractivity (Wildman–Crippen MR) is 124 cm³/mol. The zero-order valence-corrected chi connectivity index (χ0v) is 19.6. The molecule has 0 aliphatic carbocycles. The molecule has 0 amide bonds. The summed E-state index contributed by atoms with van der Waals surface area (Å²) in [5.74, 6) is 2.71. The van der Waals surface area contributed by atoms with Gasteiger partial charge >= 0.3 is 11.9 Å². The highest BCUT2D eigenvalue weighted by Crippen LogP contribution is 2.31. The van der Waals surface area contributed by atoms with Gasteiger partial charge in [0.2, 0.25) is 0 Å². The Balaban J connectivity index is 1.88. The molecule has 0 fully saturated rings. The number of methoxy groups -OCH3 is 2. The number of aromatic nitrogens is 3. The highest BCUT2D eigenvalue weighted by Gasteiger charge is 2.23. The van der Waals surface area contributed by atoms with Crippen molar-refractivity contribution in [2.75, 3.05) is 20.0 Å². The second-order valence-corrected chi connectivity index (χ2v) is 9.63. The van der Waals surface area contributed by atoms with Gasteiger partial charge in [-0.15, -0.1) is 0 Å². The number of carbonyl (C=O) groups is 1. The molecule has 1 unspecified atom stereocenters. The maximum absolute atomic E-state index is 10.9. The molecular weight excluding hydrogens is 436 g/mol. The van der Waals surface area contributed by atoms with Crippen LogP contribution in [0.2, 0.25) is 0 Å². The number of carboxylic acid groups (broad SMARTS) is 1. The number of aryl methyl sites for hydroxylation is 1. The third kappa shape index (κ3) is 5.25. The molecule has 0 radical (unpaired) electrons. The lowest BCUT2D eigenvalue weighted by molar-refractivity contribution is -0.611. The summed E-state index contributed by atoms with van der Waals surface area (Å²) < 4.78 is 13.0. The second-order valence-electron chi connectivity index (χ2n) is 7.05. The molecule has 166 valence electrons. The van der Waals surface area contributed by atoms with Crippen LogP contribution in [0.1, 0.15) is 23.2 Å². The molecule has 1 atom stereocenters. The largest absolute Gasteiger partial charge is 0.497 e. The molecule has 0 aliphatic rings. The summed E-state index contributed by atoms with van der Waals surface area (Å²) in [6, 6.07) is 4.91. The molecule has 0 bridgehead atoms. The summed E-state index contributed by atoms with van der Waals surface area (Å²) in [4.78, 5) is 19.0. The molecule has 31 heavy (non-hydrogen) atoms. The van der Waals surface area contributed by atoms with Crippen LogP contribution in [-0.4, -0.2) is 47.1 Å². The van der Waals surface area contributed by atoms with Crippen LogP contribution in [0, 0.1) is 13.8 Å². The van der Waals surface area contributed by atoms with Gasteiger partial charge in [0.1, 0.15) is 28.8 Å². The maximum Gasteiger partial charge on any atom is 0.402 e. The third-order valence-electron chi connectivity index (χ3n) is 4.96. The number of imidazole rings is 1. The van der Waals surface area contributed by atoms with Gasteiger partial charge in [-0.3, -0.25) is 4.79 Å². The lowest BCUT2D eigenvalue weighted by Crippen LogP contribution is -2.38. The zero-order chi connectivity index (χ0) is 22.5. The van der Waals surface area contributed by atoms with Gasteiger partial charge in [0.15, 0.2) is 5.52 Å². The number of pyridine rings is 1. The Morgan fingerprint density at radius 1 is 1.29 bits per heavy atom. The summed E-state index contributed by atoms with van der Waals surface area (Å²) in [6.45, 7) is 4.04. The summed E-state index contributed by atoms with van der Waals surface area (Å²) in [5.41, 5.74) is 10.4. The van der Waals surface area contributed by atoms with E-state index in [4.69, 9.17) is 25.3 Å². The number of aliphatic carboxylic acids is 1. The number of ether oxygens (including phenoxy) is 2. The van der Waals surface area contributed by atoms with Crippen LogP contribution in [-0.2, 0) is 10.5 Å². The van der Waals surface area contributed by atoms with E-state index in [-0.39, 0.29) is 0 Å². The first-order valence-electron chi connectivity index (χ1n) is 9.71. The minimum Gasteiger partial charge on any atom is -0.497 e. The van der Waals surface area contributed by atoms with Crippen LogP contribution in [0.5, 0.6) is 11.5 Å². The van der Waals surface area contributed by atoms with Crippen LogP contribution in [0.4, 0.5) is 0 Å². The van der Waals surface area contributed by atoms with Crippen molar-refractivity contribution in [2.24, 2.45) is 5.73 Å². The number of rotatable bonds is 10. The number of carboxylic acids is 1. The van der Waals surface area contributed by atoms with Crippen molar-refractivity contribution in [3.63, 3.8) is 0 Å². The Morgan fingerprint density at radius 3 is 2.74 bits per heavy atom. The van der Waals surface area contributed by atoms with Crippen molar-refractivity contribution < 1.29 is 23.9 Å². The van der Waals surface area contributed by atoms with Crippen LogP contribution >= 0.6 is 21.6 Å². The van der Waals surface area contributed by atoms with Gasteiger partial charge in [0.25, 0.3) is 0 Å². The quantitative estimate of drug-likeness (QED) is 0.239. The zero-order valence-electron chi connectivity index (χ0n) is 18.0. The molecule has 8 nitrogen and oxygen atoms in total. The first kappa shape index (κ1) is 23.2. The molecular formula is C21H27N4O4S2+. The minimum absolute atomic E-state index is 0.425. The van der Waals surface area contributed by atoms with E-state index in [1.807, 2.05) is 38.2 Å². The van der Waals surface area contributed by atoms with Gasteiger partial charge in [-0.2, -0.15) is 0 Å². The molecule has 0 aliphatic heterocycles.